The van der Waals surface area contributed by atoms with Gasteiger partial charge in [-0.3, -0.25) is 4.79 Å². The summed E-state index contributed by atoms with van der Waals surface area (Å²) in [4.78, 5) is 14.6. The Hall–Kier alpha value is -4.45. The molecule has 3 rings (SSSR count). The van der Waals surface area contributed by atoms with Gasteiger partial charge in [-0.05, 0) is 98.6 Å². The van der Waals surface area contributed by atoms with Crippen LogP contribution in [0, 0.1) is 5.92 Å². The van der Waals surface area contributed by atoms with Gasteiger partial charge in [0, 0.05) is 16.7 Å². The Bertz CT molecular complexity index is 1840. The zero-order valence-electron chi connectivity index (χ0n) is 30.0. The molecule has 0 amide bonds. The summed E-state index contributed by atoms with van der Waals surface area (Å²) in [7, 11) is 1.54. The molecule has 0 fully saturated rings. The lowest BCUT2D eigenvalue weighted by atomic mass is 9.92. The van der Waals surface area contributed by atoms with Gasteiger partial charge in [0.15, 0.2) is 0 Å². The van der Waals surface area contributed by atoms with E-state index in [1.165, 1.54) is 0 Å². The van der Waals surface area contributed by atoms with E-state index in [2.05, 4.69) is 0 Å². The normalized spacial score (nSPS) is 11.2. The van der Waals surface area contributed by atoms with E-state index < -0.39 is 0 Å². The average Bonchev–Trinajstić information content (AvgIpc) is 2.98. The average molecular weight is 641 g/mol. The molecule has 1 heterocycles. The van der Waals surface area contributed by atoms with E-state index >= 15 is 0 Å². The number of ether oxygens (including phenoxy) is 1. The van der Waals surface area contributed by atoms with Gasteiger partial charge in [0.25, 0.3) is 0 Å². The summed E-state index contributed by atoms with van der Waals surface area (Å²) in [5.41, 5.74) is 6.60. The molecular weight excluding hydrogens is 588 g/mol. The summed E-state index contributed by atoms with van der Waals surface area (Å²) in [6.07, 6.45) is 13.0. The molecule has 0 aliphatic carbocycles. The monoisotopic (exact) mass is 640 g/mol. The fourth-order valence-corrected chi connectivity index (χ4v) is 5.31. The second-order valence-electron chi connectivity index (χ2n) is 13.5. The summed E-state index contributed by atoms with van der Waals surface area (Å²) < 4.78 is 12.6. The Morgan fingerprint density at radius 1 is 0.745 bits per heavy atom. The standard InChI is InChI=1S/C41H52O6/c1-23(2)12-17-28-22-33(36(43)29(35(28)42)18-13-24(3)4)40-31(20-15-26(7)8)38(45)34-37(44)30(19-14-25(5)6)39(46-11)32(41(34)47-40)21-16-27(9)10/h12-16,19,22,25,42-44H,17-18,20-21H2,1-11H3/b19-14+. The molecule has 47 heavy (non-hydrogen) atoms. The third kappa shape index (κ3) is 8.68. The van der Waals surface area contributed by atoms with E-state index in [-0.39, 0.29) is 51.7 Å². The number of aromatic hydroxyl groups is 3. The van der Waals surface area contributed by atoms with Crippen LogP contribution in [0.15, 0.2) is 68.0 Å². The predicted molar refractivity (Wildman–Crippen MR) is 196 cm³/mol. The molecule has 3 N–H and O–H groups in total. The quantitative estimate of drug-likeness (QED) is 0.170. The van der Waals surface area contributed by atoms with Gasteiger partial charge in [0.2, 0.25) is 5.43 Å². The summed E-state index contributed by atoms with van der Waals surface area (Å²) in [5, 5.41) is 34.9. The van der Waals surface area contributed by atoms with Gasteiger partial charge in [0.1, 0.15) is 39.7 Å². The Morgan fingerprint density at radius 3 is 1.77 bits per heavy atom. The van der Waals surface area contributed by atoms with Crippen molar-refractivity contribution in [2.45, 2.75) is 94.9 Å². The van der Waals surface area contributed by atoms with Crippen molar-refractivity contribution in [3.8, 4) is 34.3 Å². The molecule has 2 aromatic carbocycles. The van der Waals surface area contributed by atoms with E-state index in [9.17, 15) is 20.1 Å². The smallest absolute Gasteiger partial charge is 0.200 e. The first kappa shape index (κ1) is 37.0. The SMILES string of the molecule is COc1c(/C=C/C(C)C)c(O)c2c(=O)c(CC=C(C)C)c(-c3cc(CC=C(C)C)c(O)c(CC=C(C)C)c3O)oc2c1CC=C(C)C. The molecule has 0 saturated heterocycles. The van der Waals surface area contributed by atoms with E-state index in [4.69, 9.17) is 9.15 Å². The predicted octanol–water partition coefficient (Wildman–Crippen LogP) is 10.3. The number of rotatable bonds is 12. The number of phenols is 3. The summed E-state index contributed by atoms with van der Waals surface area (Å²) in [5.74, 6) is 0.456. The second kappa shape index (κ2) is 15.9. The van der Waals surface area contributed by atoms with Crippen LogP contribution in [0.25, 0.3) is 28.4 Å². The van der Waals surface area contributed by atoms with Crippen LogP contribution >= 0.6 is 0 Å². The second-order valence-corrected chi connectivity index (χ2v) is 13.5. The highest BCUT2D eigenvalue weighted by Crippen LogP contribution is 2.46. The maximum atomic E-state index is 14.6. The molecule has 0 atom stereocenters. The molecule has 0 aliphatic rings. The van der Waals surface area contributed by atoms with E-state index in [0.29, 0.717) is 58.4 Å². The van der Waals surface area contributed by atoms with Gasteiger partial charge in [-0.2, -0.15) is 0 Å². The topological polar surface area (TPSA) is 100 Å². The van der Waals surface area contributed by atoms with Gasteiger partial charge >= 0.3 is 0 Å². The highest BCUT2D eigenvalue weighted by Gasteiger charge is 2.28. The summed E-state index contributed by atoms with van der Waals surface area (Å²) in [6, 6.07) is 1.71. The van der Waals surface area contributed by atoms with Crippen LogP contribution in [0.4, 0.5) is 0 Å². The fourth-order valence-electron chi connectivity index (χ4n) is 5.31. The molecule has 252 valence electrons. The largest absolute Gasteiger partial charge is 0.507 e. The number of benzene rings is 2. The Kier molecular flexibility index (Phi) is 12.5. The van der Waals surface area contributed by atoms with E-state index in [1.54, 1.807) is 19.3 Å². The zero-order chi connectivity index (χ0) is 35.2. The van der Waals surface area contributed by atoms with Crippen molar-refractivity contribution in [1.82, 2.24) is 0 Å². The molecule has 0 unspecified atom stereocenters. The molecular formula is C41H52O6. The van der Waals surface area contributed by atoms with Crippen LogP contribution in [-0.4, -0.2) is 22.4 Å². The van der Waals surface area contributed by atoms with Crippen LogP contribution in [-0.2, 0) is 25.7 Å². The minimum atomic E-state index is -0.388. The maximum Gasteiger partial charge on any atom is 0.200 e. The lowest BCUT2D eigenvalue weighted by Gasteiger charge is -2.20. The maximum absolute atomic E-state index is 14.6. The number of hydrogen-bond donors (Lipinski definition) is 3. The van der Waals surface area contributed by atoms with Crippen LogP contribution in [0.3, 0.4) is 0 Å². The molecule has 0 spiro atoms. The zero-order valence-corrected chi connectivity index (χ0v) is 30.0. The highest BCUT2D eigenvalue weighted by molar-refractivity contribution is 5.95. The van der Waals surface area contributed by atoms with Gasteiger partial charge < -0.3 is 24.5 Å². The highest BCUT2D eigenvalue weighted by atomic mass is 16.5. The third-order valence-corrected chi connectivity index (χ3v) is 7.91. The van der Waals surface area contributed by atoms with Crippen molar-refractivity contribution in [1.29, 1.82) is 0 Å². The molecule has 0 saturated carbocycles. The van der Waals surface area contributed by atoms with E-state index in [0.717, 1.165) is 22.3 Å². The molecule has 3 aromatic rings. The number of hydrogen-bond acceptors (Lipinski definition) is 6. The van der Waals surface area contributed by atoms with Crippen molar-refractivity contribution in [2.75, 3.05) is 7.11 Å². The third-order valence-electron chi connectivity index (χ3n) is 7.91. The first-order chi connectivity index (χ1) is 22.1. The van der Waals surface area contributed by atoms with E-state index in [1.807, 2.05) is 99.6 Å². The van der Waals surface area contributed by atoms with Gasteiger partial charge in [-0.25, -0.2) is 0 Å². The molecule has 6 heteroatoms. The minimum Gasteiger partial charge on any atom is -0.507 e. The fraction of sp³-hybridized carbons (Fsp3) is 0.390. The number of phenolic OH excluding ortho intramolecular Hbond substituents is 3. The summed E-state index contributed by atoms with van der Waals surface area (Å²) in [6.45, 7) is 19.8. The molecule has 1 aromatic heterocycles. The van der Waals surface area contributed by atoms with Crippen LogP contribution in [0.2, 0.25) is 0 Å². The van der Waals surface area contributed by atoms with Gasteiger partial charge in [-0.1, -0.05) is 72.6 Å². The van der Waals surface area contributed by atoms with Crippen molar-refractivity contribution < 1.29 is 24.5 Å². The number of fused-ring (bicyclic) bond motifs is 1. The molecule has 0 radical (unpaired) electrons. The molecule has 0 bridgehead atoms. The molecule has 6 nitrogen and oxygen atoms in total. The molecule has 0 aliphatic heterocycles. The number of methoxy groups -OCH3 is 1. The Balaban J connectivity index is 2.66. The lowest BCUT2D eigenvalue weighted by molar-refractivity contribution is 0.402. The van der Waals surface area contributed by atoms with Gasteiger partial charge in [-0.15, -0.1) is 0 Å². The minimum absolute atomic E-state index is 0.0142. The van der Waals surface area contributed by atoms with Crippen molar-refractivity contribution in [3.05, 3.63) is 96.8 Å². The Labute approximate surface area is 280 Å². The van der Waals surface area contributed by atoms with Crippen LogP contribution in [0.1, 0.15) is 97.1 Å². The number of allylic oxidation sites excluding steroid dienone is 9. The first-order valence-corrected chi connectivity index (χ1v) is 16.3. The van der Waals surface area contributed by atoms with Gasteiger partial charge in [0.05, 0.1) is 18.2 Å². The van der Waals surface area contributed by atoms with Crippen molar-refractivity contribution in [3.63, 3.8) is 0 Å². The van der Waals surface area contributed by atoms with Crippen molar-refractivity contribution >= 4 is 17.0 Å². The van der Waals surface area contributed by atoms with Crippen molar-refractivity contribution in [2.24, 2.45) is 5.92 Å². The Morgan fingerprint density at radius 2 is 1.26 bits per heavy atom. The summed E-state index contributed by atoms with van der Waals surface area (Å²) >= 11 is 0. The van der Waals surface area contributed by atoms with Crippen LogP contribution < -0.4 is 10.2 Å². The lowest BCUT2D eigenvalue weighted by Crippen LogP contribution is -2.13. The van der Waals surface area contributed by atoms with Crippen LogP contribution in [0.5, 0.6) is 23.0 Å². The first-order valence-electron chi connectivity index (χ1n) is 16.3.